The van der Waals surface area contributed by atoms with Gasteiger partial charge in [0.25, 0.3) is 0 Å². The molecule has 0 saturated carbocycles. The number of hydrogen-bond donors (Lipinski definition) is 1. The SMILES string of the molecule is CNCCN(C)C(C)c1ccc(C)cc1C. The van der Waals surface area contributed by atoms with Gasteiger partial charge >= 0.3 is 0 Å². The molecular weight excluding hydrogens is 196 g/mol. The minimum absolute atomic E-state index is 0.481. The van der Waals surface area contributed by atoms with E-state index in [1.807, 2.05) is 7.05 Å². The lowest BCUT2D eigenvalue weighted by Gasteiger charge is -2.26. The molecule has 1 N–H and O–H groups in total. The smallest absolute Gasteiger partial charge is 0.0319 e. The van der Waals surface area contributed by atoms with Gasteiger partial charge in [0.15, 0.2) is 0 Å². The van der Waals surface area contributed by atoms with Gasteiger partial charge in [-0.3, -0.25) is 4.90 Å². The van der Waals surface area contributed by atoms with E-state index in [0.717, 1.165) is 13.1 Å². The summed E-state index contributed by atoms with van der Waals surface area (Å²) in [4.78, 5) is 2.38. The monoisotopic (exact) mass is 220 g/mol. The van der Waals surface area contributed by atoms with Crippen LogP contribution in [0.15, 0.2) is 18.2 Å². The highest BCUT2D eigenvalue weighted by Gasteiger charge is 2.12. The van der Waals surface area contributed by atoms with E-state index in [-0.39, 0.29) is 0 Å². The average Bonchev–Trinajstić information content (AvgIpc) is 2.25. The Bertz CT molecular complexity index is 334. The third-order valence-corrected chi connectivity index (χ3v) is 3.25. The van der Waals surface area contributed by atoms with E-state index in [2.05, 4.69) is 56.2 Å². The Hall–Kier alpha value is -0.860. The van der Waals surface area contributed by atoms with Gasteiger partial charge < -0.3 is 5.32 Å². The van der Waals surface area contributed by atoms with Crippen LogP contribution >= 0.6 is 0 Å². The van der Waals surface area contributed by atoms with Gasteiger partial charge in [0.05, 0.1) is 0 Å². The van der Waals surface area contributed by atoms with Crippen molar-refractivity contribution in [2.45, 2.75) is 26.8 Å². The molecule has 0 radical (unpaired) electrons. The van der Waals surface area contributed by atoms with Crippen molar-refractivity contribution in [3.05, 3.63) is 34.9 Å². The molecule has 2 nitrogen and oxygen atoms in total. The van der Waals surface area contributed by atoms with Crippen molar-refractivity contribution in [3.63, 3.8) is 0 Å². The van der Waals surface area contributed by atoms with Crippen molar-refractivity contribution >= 4 is 0 Å². The Labute approximate surface area is 99.7 Å². The summed E-state index contributed by atoms with van der Waals surface area (Å²) in [5.74, 6) is 0. The van der Waals surface area contributed by atoms with E-state index >= 15 is 0 Å². The zero-order valence-electron chi connectivity index (χ0n) is 11.2. The Morgan fingerprint density at radius 1 is 1.31 bits per heavy atom. The molecule has 1 rings (SSSR count). The maximum atomic E-state index is 3.19. The van der Waals surface area contributed by atoms with Crippen LogP contribution in [0.2, 0.25) is 0 Å². The number of hydrogen-bond acceptors (Lipinski definition) is 2. The number of likely N-dealkylation sites (N-methyl/N-ethyl adjacent to an activating group) is 2. The molecule has 0 aliphatic rings. The molecule has 16 heavy (non-hydrogen) atoms. The first kappa shape index (κ1) is 13.2. The molecule has 90 valence electrons. The summed E-state index contributed by atoms with van der Waals surface area (Å²) in [6.07, 6.45) is 0. The Kier molecular flexibility index (Phi) is 4.97. The van der Waals surface area contributed by atoms with E-state index in [9.17, 15) is 0 Å². The first-order valence-corrected chi connectivity index (χ1v) is 5.98. The van der Waals surface area contributed by atoms with Crippen LogP contribution in [0.25, 0.3) is 0 Å². The van der Waals surface area contributed by atoms with Gasteiger partial charge in [-0.1, -0.05) is 23.8 Å². The summed E-state index contributed by atoms with van der Waals surface area (Å²) >= 11 is 0. The fourth-order valence-electron chi connectivity index (χ4n) is 2.01. The van der Waals surface area contributed by atoms with Crippen molar-refractivity contribution < 1.29 is 0 Å². The van der Waals surface area contributed by atoms with Crippen molar-refractivity contribution in [1.29, 1.82) is 0 Å². The number of nitrogens with zero attached hydrogens (tertiary/aromatic N) is 1. The van der Waals surface area contributed by atoms with Gasteiger partial charge in [0, 0.05) is 19.1 Å². The molecule has 0 spiro atoms. The van der Waals surface area contributed by atoms with Crippen LogP contribution in [0.3, 0.4) is 0 Å². The van der Waals surface area contributed by atoms with E-state index in [1.165, 1.54) is 16.7 Å². The Balaban J connectivity index is 2.75. The topological polar surface area (TPSA) is 15.3 Å². The summed E-state index contributed by atoms with van der Waals surface area (Å²) in [6.45, 7) is 8.72. The predicted molar refractivity (Wildman–Crippen MR) is 70.9 cm³/mol. The maximum absolute atomic E-state index is 3.19. The van der Waals surface area contributed by atoms with Gasteiger partial charge in [0.2, 0.25) is 0 Å². The maximum Gasteiger partial charge on any atom is 0.0319 e. The van der Waals surface area contributed by atoms with Gasteiger partial charge in [-0.05, 0) is 46.0 Å². The zero-order chi connectivity index (χ0) is 12.1. The fourth-order valence-corrected chi connectivity index (χ4v) is 2.01. The quantitative estimate of drug-likeness (QED) is 0.820. The van der Waals surface area contributed by atoms with Crippen LogP contribution < -0.4 is 5.32 Å². The van der Waals surface area contributed by atoms with Crippen LogP contribution in [-0.4, -0.2) is 32.1 Å². The average molecular weight is 220 g/mol. The summed E-state index contributed by atoms with van der Waals surface area (Å²) in [5, 5.41) is 3.19. The second-order valence-electron chi connectivity index (χ2n) is 4.62. The Morgan fingerprint density at radius 2 is 2.00 bits per heavy atom. The normalized spacial score (nSPS) is 13.1. The molecule has 0 bridgehead atoms. The fraction of sp³-hybridized carbons (Fsp3) is 0.571. The molecule has 2 heteroatoms. The molecule has 0 fully saturated rings. The number of benzene rings is 1. The van der Waals surface area contributed by atoms with Gasteiger partial charge in [-0.2, -0.15) is 0 Å². The minimum Gasteiger partial charge on any atom is -0.318 e. The number of nitrogens with one attached hydrogen (secondary N) is 1. The molecular formula is C14H24N2. The molecule has 1 unspecified atom stereocenters. The molecule has 0 aromatic heterocycles. The molecule has 1 aromatic carbocycles. The second kappa shape index (κ2) is 6.02. The van der Waals surface area contributed by atoms with E-state index in [4.69, 9.17) is 0 Å². The van der Waals surface area contributed by atoms with Crippen LogP contribution in [0.5, 0.6) is 0 Å². The van der Waals surface area contributed by atoms with Crippen LogP contribution in [0, 0.1) is 13.8 Å². The van der Waals surface area contributed by atoms with Crippen LogP contribution in [0.4, 0.5) is 0 Å². The Morgan fingerprint density at radius 3 is 2.56 bits per heavy atom. The highest BCUT2D eigenvalue weighted by Crippen LogP contribution is 2.22. The van der Waals surface area contributed by atoms with Gasteiger partial charge in [-0.15, -0.1) is 0 Å². The summed E-state index contributed by atoms with van der Waals surface area (Å²) in [7, 11) is 4.18. The zero-order valence-corrected chi connectivity index (χ0v) is 11.2. The van der Waals surface area contributed by atoms with Crippen LogP contribution in [-0.2, 0) is 0 Å². The van der Waals surface area contributed by atoms with E-state index in [0.29, 0.717) is 6.04 Å². The lowest BCUT2D eigenvalue weighted by molar-refractivity contribution is 0.263. The third-order valence-electron chi connectivity index (χ3n) is 3.25. The second-order valence-corrected chi connectivity index (χ2v) is 4.62. The van der Waals surface area contributed by atoms with Gasteiger partial charge in [-0.25, -0.2) is 0 Å². The standard InChI is InChI=1S/C14H24N2/c1-11-6-7-14(12(2)10-11)13(3)16(5)9-8-15-4/h6-7,10,13,15H,8-9H2,1-5H3. The number of rotatable bonds is 5. The highest BCUT2D eigenvalue weighted by atomic mass is 15.1. The molecule has 1 atom stereocenters. The van der Waals surface area contributed by atoms with Gasteiger partial charge in [0.1, 0.15) is 0 Å². The molecule has 0 aliphatic heterocycles. The minimum atomic E-state index is 0.481. The van der Waals surface area contributed by atoms with Crippen molar-refractivity contribution in [1.82, 2.24) is 10.2 Å². The predicted octanol–water partition coefficient (Wildman–Crippen LogP) is 2.52. The first-order valence-electron chi connectivity index (χ1n) is 5.98. The largest absolute Gasteiger partial charge is 0.318 e. The van der Waals surface area contributed by atoms with Crippen molar-refractivity contribution in [2.75, 3.05) is 27.2 Å². The summed E-state index contributed by atoms with van der Waals surface area (Å²) in [6, 6.07) is 7.20. The molecule has 0 aliphatic carbocycles. The highest BCUT2D eigenvalue weighted by molar-refractivity contribution is 5.32. The summed E-state index contributed by atoms with van der Waals surface area (Å²) in [5.41, 5.74) is 4.17. The lowest BCUT2D eigenvalue weighted by atomic mass is 9.99. The molecule has 0 amide bonds. The van der Waals surface area contributed by atoms with Crippen LogP contribution in [0.1, 0.15) is 29.7 Å². The third kappa shape index (κ3) is 3.32. The molecule has 0 heterocycles. The molecule has 0 saturated heterocycles. The summed E-state index contributed by atoms with van der Waals surface area (Å²) < 4.78 is 0. The lowest BCUT2D eigenvalue weighted by Crippen LogP contribution is -2.30. The first-order chi connectivity index (χ1) is 7.56. The van der Waals surface area contributed by atoms with Crippen molar-refractivity contribution in [3.8, 4) is 0 Å². The van der Waals surface area contributed by atoms with E-state index in [1.54, 1.807) is 0 Å². The number of aryl methyl sites for hydroxylation is 2. The molecule has 1 aromatic rings. The van der Waals surface area contributed by atoms with Crippen molar-refractivity contribution in [2.24, 2.45) is 0 Å². The van der Waals surface area contributed by atoms with E-state index < -0.39 is 0 Å².